The number of hydrogen-bond donors (Lipinski definition) is 1. The van der Waals surface area contributed by atoms with E-state index in [0.717, 1.165) is 5.57 Å². The molecular weight excluding hydrogens is 324 g/mol. The first-order valence-electron chi connectivity index (χ1n) is 7.97. The summed E-state index contributed by atoms with van der Waals surface area (Å²) in [4.78, 5) is 23.5. The van der Waals surface area contributed by atoms with Crippen molar-refractivity contribution in [3.05, 3.63) is 51.9 Å². The Kier molecular flexibility index (Phi) is 4.16. The first kappa shape index (κ1) is 17.2. The Morgan fingerprint density at radius 2 is 2.00 bits per heavy atom. The van der Waals surface area contributed by atoms with E-state index in [1.165, 1.54) is 12.1 Å². The fourth-order valence-corrected chi connectivity index (χ4v) is 2.84. The zero-order valence-electron chi connectivity index (χ0n) is 14.5. The highest BCUT2D eigenvalue weighted by atomic mass is 16.6. The molecular formula is C19H20O6. The van der Waals surface area contributed by atoms with Gasteiger partial charge in [-0.2, -0.15) is 0 Å². The smallest absolute Gasteiger partial charge is 0.336 e. The van der Waals surface area contributed by atoms with Gasteiger partial charge >= 0.3 is 11.6 Å². The average Bonchev–Trinajstić information content (AvgIpc) is 2.82. The Balaban J connectivity index is 2.08. The molecule has 0 saturated heterocycles. The topological polar surface area (TPSA) is 86.0 Å². The minimum absolute atomic E-state index is 0.372. The summed E-state index contributed by atoms with van der Waals surface area (Å²) >= 11 is 0. The van der Waals surface area contributed by atoms with Crippen LogP contribution in [0.3, 0.4) is 0 Å². The van der Waals surface area contributed by atoms with Gasteiger partial charge in [0.25, 0.3) is 0 Å². The maximum Gasteiger partial charge on any atom is 0.336 e. The van der Waals surface area contributed by atoms with Crippen LogP contribution in [0.1, 0.15) is 39.4 Å². The molecule has 0 fully saturated rings. The summed E-state index contributed by atoms with van der Waals surface area (Å²) in [6.45, 7) is 6.77. The molecule has 2 aromatic rings. The molecule has 0 spiro atoms. The quantitative estimate of drug-likeness (QED) is 0.523. The molecule has 2 heterocycles. The summed E-state index contributed by atoms with van der Waals surface area (Å²) in [7, 11) is 0. The molecule has 0 aliphatic carbocycles. The van der Waals surface area contributed by atoms with Crippen molar-refractivity contribution in [1.29, 1.82) is 0 Å². The van der Waals surface area contributed by atoms with Crippen molar-refractivity contribution in [2.24, 2.45) is 0 Å². The molecule has 2 unspecified atom stereocenters. The molecule has 2 atom stereocenters. The molecule has 1 aliphatic heterocycles. The molecule has 25 heavy (non-hydrogen) atoms. The molecule has 6 heteroatoms. The van der Waals surface area contributed by atoms with Crippen LogP contribution in [0.15, 0.2) is 45.1 Å². The molecule has 6 nitrogen and oxygen atoms in total. The molecule has 1 N–H and O–H groups in total. The van der Waals surface area contributed by atoms with E-state index in [0.29, 0.717) is 22.3 Å². The second-order valence-electron chi connectivity index (χ2n) is 6.95. The van der Waals surface area contributed by atoms with Crippen LogP contribution in [0.25, 0.3) is 11.0 Å². The number of ether oxygens (including phenoxy) is 2. The van der Waals surface area contributed by atoms with E-state index in [9.17, 15) is 14.7 Å². The standard InChI is InChI=1S/C19H20O6/c1-10(2)7-16(21)25-17-12-8-11-5-6-15(20)23-13(11)9-14(12)24-18(17)19(3,4)22/h5-9,17-18,22H,1-4H3. The number of fused-ring (bicyclic) bond motifs is 2. The van der Waals surface area contributed by atoms with Gasteiger partial charge < -0.3 is 19.0 Å². The van der Waals surface area contributed by atoms with Gasteiger partial charge in [0.15, 0.2) is 12.2 Å². The molecule has 3 rings (SSSR count). The average molecular weight is 344 g/mol. The zero-order chi connectivity index (χ0) is 18.4. The fraction of sp³-hybridized carbons (Fsp3) is 0.368. The molecule has 0 saturated carbocycles. The van der Waals surface area contributed by atoms with Crippen molar-refractivity contribution in [1.82, 2.24) is 0 Å². The number of carbonyl (C=O) groups is 1. The van der Waals surface area contributed by atoms with Crippen molar-refractivity contribution in [2.75, 3.05) is 0 Å². The van der Waals surface area contributed by atoms with Crippen molar-refractivity contribution < 1.29 is 23.8 Å². The van der Waals surface area contributed by atoms with Gasteiger partial charge in [-0.25, -0.2) is 9.59 Å². The Bertz CT molecular complexity index is 912. The summed E-state index contributed by atoms with van der Waals surface area (Å²) in [5, 5.41) is 11.1. The lowest BCUT2D eigenvalue weighted by Crippen LogP contribution is -2.43. The van der Waals surface area contributed by atoms with Crippen LogP contribution in [0.5, 0.6) is 5.75 Å². The minimum Gasteiger partial charge on any atom is -0.483 e. The largest absolute Gasteiger partial charge is 0.483 e. The van der Waals surface area contributed by atoms with E-state index in [2.05, 4.69) is 0 Å². The number of esters is 1. The van der Waals surface area contributed by atoms with Crippen LogP contribution in [-0.2, 0) is 9.53 Å². The highest BCUT2D eigenvalue weighted by Crippen LogP contribution is 2.44. The molecule has 0 bridgehead atoms. The van der Waals surface area contributed by atoms with Gasteiger partial charge in [0.05, 0.1) is 5.60 Å². The summed E-state index contributed by atoms with van der Waals surface area (Å²) in [5.41, 5.74) is 0.100. The second-order valence-corrected chi connectivity index (χ2v) is 6.95. The summed E-state index contributed by atoms with van der Waals surface area (Å²) in [6.07, 6.45) is -0.158. The Hall–Kier alpha value is -2.60. The van der Waals surface area contributed by atoms with Crippen molar-refractivity contribution in [3.63, 3.8) is 0 Å². The lowest BCUT2D eigenvalue weighted by Gasteiger charge is -2.29. The predicted octanol–water partition coefficient (Wildman–Crippen LogP) is 2.88. The third-order valence-corrected chi connectivity index (χ3v) is 3.93. The Morgan fingerprint density at radius 1 is 1.28 bits per heavy atom. The molecule has 132 valence electrons. The van der Waals surface area contributed by atoms with Crippen LogP contribution >= 0.6 is 0 Å². The molecule has 1 aromatic heterocycles. The zero-order valence-corrected chi connectivity index (χ0v) is 14.5. The van der Waals surface area contributed by atoms with E-state index < -0.39 is 29.4 Å². The lowest BCUT2D eigenvalue weighted by molar-refractivity contribution is -0.154. The predicted molar refractivity (Wildman–Crippen MR) is 91.5 cm³/mol. The van der Waals surface area contributed by atoms with Gasteiger partial charge in [-0.15, -0.1) is 0 Å². The summed E-state index contributed by atoms with van der Waals surface area (Å²) in [5.74, 6) is -0.0839. The first-order chi connectivity index (χ1) is 11.6. The van der Waals surface area contributed by atoms with Crippen LogP contribution in [0.2, 0.25) is 0 Å². The first-order valence-corrected chi connectivity index (χ1v) is 7.97. The molecule has 1 aliphatic rings. The minimum atomic E-state index is -1.25. The van der Waals surface area contributed by atoms with Crippen molar-refractivity contribution in [2.45, 2.75) is 45.5 Å². The third-order valence-electron chi connectivity index (χ3n) is 3.93. The normalized spacial score (nSPS) is 19.2. The summed E-state index contributed by atoms with van der Waals surface area (Å²) in [6, 6.07) is 6.29. The second kappa shape index (κ2) is 6.04. The Labute approximate surface area is 144 Å². The van der Waals surface area contributed by atoms with Gasteiger partial charge in [-0.05, 0) is 39.8 Å². The fourth-order valence-electron chi connectivity index (χ4n) is 2.84. The van der Waals surface area contributed by atoms with Gasteiger partial charge in [0.2, 0.25) is 0 Å². The van der Waals surface area contributed by atoms with Gasteiger partial charge in [0, 0.05) is 29.2 Å². The van der Waals surface area contributed by atoms with Crippen molar-refractivity contribution >= 4 is 16.9 Å². The highest BCUT2D eigenvalue weighted by molar-refractivity contribution is 5.84. The van der Waals surface area contributed by atoms with E-state index in [1.54, 1.807) is 45.9 Å². The third kappa shape index (κ3) is 3.44. The van der Waals surface area contributed by atoms with E-state index in [-0.39, 0.29) is 0 Å². The number of rotatable bonds is 3. The summed E-state index contributed by atoms with van der Waals surface area (Å²) < 4.78 is 16.6. The SMILES string of the molecule is CC(C)=CC(=O)OC1c2cc3ccc(=O)oc3cc2OC1C(C)(C)O. The van der Waals surface area contributed by atoms with Crippen LogP contribution in [0.4, 0.5) is 0 Å². The molecule has 0 amide bonds. The van der Waals surface area contributed by atoms with E-state index in [1.807, 2.05) is 0 Å². The highest BCUT2D eigenvalue weighted by Gasteiger charge is 2.45. The number of allylic oxidation sites excluding steroid dienone is 1. The van der Waals surface area contributed by atoms with Crippen LogP contribution in [0, 0.1) is 0 Å². The van der Waals surface area contributed by atoms with Crippen molar-refractivity contribution in [3.8, 4) is 5.75 Å². The lowest BCUT2D eigenvalue weighted by atomic mass is 9.94. The maximum absolute atomic E-state index is 12.1. The number of aliphatic hydroxyl groups is 1. The van der Waals surface area contributed by atoms with E-state index >= 15 is 0 Å². The number of hydrogen-bond acceptors (Lipinski definition) is 6. The number of carbonyl (C=O) groups excluding carboxylic acids is 1. The maximum atomic E-state index is 12.1. The Morgan fingerprint density at radius 3 is 2.64 bits per heavy atom. The molecule has 1 aromatic carbocycles. The molecule has 0 radical (unpaired) electrons. The van der Waals surface area contributed by atoms with Crippen LogP contribution < -0.4 is 10.4 Å². The van der Waals surface area contributed by atoms with E-state index in [4.69, 9.17) is 13.9 Å². The monoisotopic (exact) mass is 344 g/mol. The van der Waals surface area contributed by atoms with Crippen LogP contribution in [-0.4, -0.2) is 22.8 Å². The number of benzene rings is 1. The van der Waals surface area contributed by atoms with Gasteiger partial charge in [0.1, 0.15) is 11.3 Å². The van der Waals surface area contributed by atoms with Gasteiger partial charge in [-0.1, -0.05) is 5.57 Å². The van der Waals surface area contributed by atoms with Gasteiger partial charge in [-0.3, -0.25) is 0 Å².